The van der Waals surface area contributed by atoms with Crippen molar-refractivity contribution in [2.24, 2.45) is 0 Å². The molecular formula is C26H43NO2. The quantitative estimate of drug-likeness (QED) is 0.206. The molecule has 0 spiro atoms. The zero-order valence-electron chi connectivity index (χ0n) is 18.9. The Kier molecular flexibility index (Phi) is 15.9. The van der Waals surface area contributed by atoms with Crippen molar-refractivity contribution >= 4 is 5.91 Å². The summed E-state index contributed by atoms with van der Waals surface area (Å²) in [6.45, 7) is 2.80. The van der Waals surface area contributed by atoms with Gasteiger partial charge in [0.25, 0.3) is 0 Å². The number of para-hydroxylation sites is 1. The van der Waals surface area contributed by atoms with E-state index >= 15 is 0 Å². The van der Waals surface area contributed by atoms with Crippen LogP contribution in [0, 0.1) is 0 Å². The van der Waals surface area contributed by atoms with Crippen molar-refractivity contribution in [1.29, 1.82) is 0 Å². The first-order valence-electron chi connectivity index (χ1n) is 11.8. The molecule has 1 N–H and O–H groups in total. The van der Waals surface area contributed by atoms with Gasteiger partial charge in [-0.05, 0) is 38.2 Å². The highest BCUT2D eigenvalue weighted by Gasteiger charge is 2.04. The van der Waals surface area contributed by atoms with Crippen LogP contribution in [0.5, 0.6) is 5.75 Å². The van der Waals surface area contributed by atoms with E-state index < -0.39 is 0 Å². The summed E-state index contributed by atoms with van der Waals surface area (Å²) in [7, 11) is 1.66. The average molecular weight is 402 g/mol. The lowest BCUT2D eigenvalue weighted by molar-refractivity contribution is -0.121. The molecule has 0 unspecified atom stereocenters. The molecule has 3 heteroatoms. The van der Waals surface area contributed by atoms with Gasteiger partial charge >= 0.3 is 0 Å². The number of hydrogen-bond donors (Lipinski definition) is 1. The minimum Gasteiger partial charge on any atom is -0.496 e. The lowest BCUT2D eigenvalue weighted by Crippen LogP contribution is -2.22. The first-order chi connectivity index (χ1) is 14.3. The van der Waals surface area contributed by atoms with Crippen LogP contribution in [0.15, 0.2) is 36.4 Å². The van der Waals surface area contributed by atoms with E-state index in [0.717, 1.165) is 24.2 Å². The monoisotopic (exact) mass is 401 g/mol. The predicted molar refractivity (Wildman–Crippen MR) is 124 cm³/mol. The molecule has 0 aliphatic heterocycles. The average Bonchev–Trinajstić information content (AvgIpc) is 2.75. The topological polar surface area (TPSA) is 38.3 Å². The number of allylic oxidation sites excluding steroid dienone is 2. The molecule has 1 aromatic carbocycles. The maximum Gasteiger partial charge on any atom is 0.220 e. The Bertz CT molecular complexity index is 553. The molecule has 0 fully saturated rings. The Morgan fingerprint density at radius 2 is 1.45 bits per heavy atom. The second kappa shape index (κ2) is 18.3. The molecule has 0 aliphatic carbocycles. The summed E-state index contributed by atoms with van der Waals surface area (Å²) in [6, 6.07) is 7.82. The third-order valence-corrected chi connectivity index (χ3v) is 5.33. The van der Waals surface area contributed by atoms with Gasteiger partial charge in [-0.25, -0.2) is 0 Å². The fraction of sp³-hybridized carbons (Fsp3) is 0.654. The van der Waals surface area contributed by atoms with Gasteiger partial charge in [-0.15, -0.1) is 0 Å². The molecule has 164 valence electrons. The van der Waals surface area contributed by atoms with Gasteiger partial charge in [0.1, 0.15) is 5.75 Å². The number of rotatable bonds is 18. The van der Waals surface area contributed by atoms with Crippen LogP contribution in [0.4, 0.5) is 0 Å². The Labute approximate surface area is 179 Å². The van der Waals surface area contributed by atoms with Crippen LogP contribution in [0.3, 0.4) is 0 Å². The van der Waals surface area contributed by atoms with Crippen molar-refractivity contribution in [3.63, 3.8) is 0 Å². The van der Waals surface area contributed by atoms with Crippen LogP contribution in [0.1, 0.15) is 102 Å². The van der Waals surface area contributed by atoms with E-state index in [1.54, 1.807) is 7.11 Å². The van der Waals surface area contributed by atoms with Crippen molar-refractivity contribution in [3.05, 3.63) is 42.0 Å². The molecule has 1 aromatic rings. The highest BCUT2D eigenvalue weighted by molar-refractivity contribution is 5.75. The van der Waals surface area contributed by atoms with Gasteiger partial charge in [-0.3, -0.25) is 4.79 Å². The van der Waals surface area contributed by atoms with E-state index in [0.29, 0.717) is 13.0 Å². The Hall–Kier alpha value is -1.77. The van der Waals surface area contributed by atoms with E-state index in [9.17, 15) is 4.79 Å². The van der Waals surface area contributed by atoms with Crippen LogP contribution in [0.2, 0.25) is 0 Å². The van der Waals surface area contributed by atoms with Crippen molar-refractivity contribution < 1.29 is 9.53 Å². The lowest BCUT2D eigenvalue weighted by Gasteiger charge is -2.09. The number of nitrogens with one attached hydrogen (secondary N) is 1. The maximum absolute atomic E-state index is 12.0. The molecule has 29 heavy (non-hydrogen) atoms. The number of benzene rings is 1. The fourth-order valence-electron chi connectivity index (χ4n) is 3.49. The first-order valence-corrected chi connectivity index (χ1v) is 11.8. The summed E-state index contributed by atoms with van der Waals surface area (Å²) in [5, 5.41) is 3.00. The van der Waals surface area contributed by atoms with Crippen molar-refractivity contribution in [1.82, 2.24) is 5.32 Å². The van der Waals surface area contributed by atoms with Crippen molar-refractivity contribution in [2.75, 3.05) is 7.11 Å². The molecule has 0 bridgehead atoms. The molecule has 0 radical (unpaired) electrons. The van der Waals surface area contributed by atoms with Gasteiger partial charge in [-0.2, -0.15) is 0 Å². The zero-order chi connectivity index (χ0) is 21.0. The Morgan fingerprint density at radius 3 is 2.10 bits per heavy atom. The highest BCUT2D eigenvalue weighted by atomic mass is 16.5. The van der Waals surface area contributed by atoms with Crippen LogP contribution in [-0.2, 0) is 11.3 Å². The molecule has 3 nitrogen and oxygen atoms in total. The minimum atomic E-state index is 0.133. The van der Waals surface area contributed by atoms with Gasteiger partial charge < -0.3 is 10.1 Å². The molecule has 0 aromatic heterocycles. The number of hydrogen-bond acceptors (Lipinski definition) is 2. The van der Waals surface area contributed by atoms with E-state index in [1.165, 1.54) is 70.6 Å². The Balaban J connectivity index is 1.90. The van der Waals surface area contributed by atoms with Crippen molar-refractivity contribution in [3.8, 4) is 5.75 Å². The lowest BCUT2D eigenvalue weighted by atomic mass is 10.1. The second-order valence-electron chi connectivity index (χ2n) is 7.92. The van der Waals surface area contributed by atoms with Crippen LogP contribution >= 0.6 is 0 Å². The number of amides is 1. The number of methoxy groups -OCH3 is 1. The van der Waals surface area contributed by atoms with Gasteiger partial charge in [0, 0.05) is 18.5 Å². The maximum atomic E-state index is 12.0. The molecule has 1 rings (SSSR count). The number of ether oxygens (including phenoxy) is 1. The smallest absolute Gasteiger partial charge is 0.220 e. The molecular weight excluding hydrogens is 358 g/mol. The fourth-order valence-corrected chi connectivity index (χ4v) is 3.49. The minimum absolute atomic E-state index is 0.133. The standard InChI is InChI=1S/C26H43NO2/c1-3-4-5-6-7-8-9-10-11-12-13-14-15-16-17-22-26(28)27-23-24-20-18-19-21-25(24)29-2/h10-11,18-21H,3-9,12-17,22-23H2,1-2H3,(H,27,28)/b11-10-. The van der Waals surface area contributed by atoms with Gasteiger partial charge in [-0.1, -0.05) is 88.6 Å². The summed E-state index contributed by atoms with van der Waals surface area (Å²) in [5.41, 5.74) is 1.02. The van der Waals surface area contributed by atoms with E-state index in [-0.39, 0.29) is 5.91 Å². The third kappa shape index (κ3) is 13.9. The number of unbranched alkanes of at least 4 members (excludes halogenated alkanes) is 11. The largest absolute Gasteiger partial charge is 0.496 e. The Morgan fingerprint density at radius 1 is 0.862 bits per heavy atom. The van der Waals surface area contributed by atoms with Crippen LogP contribution in [0.25, 0.3) is 0 Å². The van der Waals surface area contributed by atoms with Gasteiger partial charge in [0.15, 0.2) is 0 Å². The molecule has 0 aliphatic rings. The van der Waals surface area contributed by atoms with Crippen LogP contribution in [-0.4, -0.2) is 13.0 Å². The van der Waals surface area contributed by atoms with E-state index in [2.05, 4.69) is 24.4 Å². The molecule has 0 heterocycles. The van der Waals surface area contributed by atoms with Crippen molar-refractivity contribution in [2.45, 2.75) is 103 Å². The van der Waals surface area contributed by atoms with E-state index in [4.69, 9.17) is 4.74 Å². The number of carbonyl (C=O) groups excluding carboxylic acids is 1. The molecule has 1 amide bonds. The molecule has 0 atom stereocenters. The summed E-state index contributed by atoms with van der Waals surface area (Å²) >= 11 is 0. The summed E-state index contributed by atoms with van der Waals surface area (Å²) in [5.74, 6) is 0.961. The highest BCUT2D eigenvalue weighted by Crippen LogP contribution is 2.17. The zero-order valence-corrected chi connectivity index (χ0v) is 18.9. The second-order valence-corrected chi connectivity index (χ2v) is 7.92. The third-order valence-electron chi connectivity index (χ3n) is 5.33. The first kappa shape index (κ1) is 25.3. The van der Waals surface area contributed by atoms with E-state index in [1.807, 2.05) is 24.3 Å². The van der Waals surface area contributed by atoms with Gasteiger partial charge in [0.05, 0.1) is 7.11 Å². The molecule has 0 saturated carbocycles. The summed E-state index contributed by atoms with van der Waals surface area (Å²) in [4.78, 5) is 12.0. The SMILES string of the molecule is CCCCCCCC/C=C\CCCCCCCC(=O)NCc1ccccc1OC. The van der Waals surface area contributed by atoms with Gasteiger partial charge in [0.2, 0.25) is 5.91 Å². The molecule has 0 saturated heterocycles. The normalized spacial score (nSPS) is 11.1. The summed E-state index contributed by atoms with van der Waals surface area (Å²) < 4.78 is 5.31. The summed E-state index contributed by atoms with van der Waals surface area (Å²) in [6.07, 6.45) is 21.9. The van der Waals surface area contributed by atoms with Crippen LogP contribution < -0.4 is 10.1 Å². The number of carbonyl (C=O) groups is 1. The predicted octanol–water partition coefficient (Wildman–Crippen LogP) is 7.35.